The summed E-state index contributed by atoms with van der Waals surface area (Å²) in [5.74, 6) is 1.15. The molecular weight excluding hydrogens is 210 g/mol. The van der Waals surface area contributed by atoms with E-state index in [1.54, 1.807) is 25.1 Å². The number of aryl methyl sites for hydroxylation is 1. The zero-order valence-corrected chi connectivity index (χ0v) is 10.2. The lowest BCUT2D eigenvalue weighted by Gasteiger charge is -2.01. The zero-order chi connectivity index (χ0) is 11.4. The molecule has 0 aliphatic heterocycles. The molecule has 0 spiro atoms. The first-order valence-corrected chi connectivity index (χ1v) is 5.65. The number of aromatic nitrogens is 2. The molecule has 1 aromatic rings. The largest absolute Gasteiger partial charge is 0.382 e. The second-order valence-electron chi connectivity index (χ2n) is 2.97. The molecule has 0 amide bonds. The van der Waals surface area contributed by atoms with Crippen LogP contribution in [0.5, 0.6) is 0 Å². The van der Waals surface area contributed by atoms with Gasteiger partial charge in [-0.3, -0.25) is 4.99 Å². The molecular formula is C9H15N5S. The van der Waals surface area contributed by atoms with E-state index in [1.165, 1.54) is 0 Å². The summed E-state index contributed by atoms with van der Waals surface area (Å²) in [7, 11) is 3.52. The first-order valence-electron chi connectivity index (χ1n) is 4.43. The third-order valence-corrected chi connectivity index (χ3v) is 2.63. The molecule has 2 N–H and O–H groups in total. The first-order chi connectivity index (χ1) is 7.10. The van der Waals surface area contributed by atoms with Crippen LogP contribution in [0.25, 0.3) is 0 Å². The van der Waals surface area contributed by atoms with E-state index in [2.05, 4.69) is 15.0 Å². The SMILES string of the molecule is CN=C(N)c1ncn(C)c1N=C(C)SC. The van der Waals surface area contributed by atoms with Gasteiger partial charge in [-0.05, 0) is 13.2 Å². The van der Waals surface area contributed by atoms with Gasteiger partial charge in [0.1, 0.15) is 11.5 Å². The predicted octanol–water partition coefficient (Wildman–Crippen LogP) is 1.17. The van der Waals surface area contributed by atoms with Crippen molar-refractivity contribution in [2.45, 2.75) is 6.92 Å². The number of amidine groups is 1. The minimum Gasteiger partial charge on any atom is -0.382 e. The molecule has 0 aliphatic carbocycles. The van der Waals surface area contributed by atoms with Gasteiger partial charge < -0.3 is 10.3 Å². The molecule has 0 aromatic carbocycles. The van der Waals surface area contributed by atoms with E-state index >= 15 is 0 Å². The highest BCUT2D eigenvalue weighted by Crippen LogP contribution is 2.18. The summed E-state index contributed by atoms with van der Waals surface area (Å²) in [6.07, 6.45) is 3.66. The lowest BCUT2D eigenvalue weighted by Crippen LogP contribution is -2.13. The number of hydrogen-bond donors (Lipinski definition) is 1. The summed E-state index contributed by atoms with van der Waals surface area (Å²) >= 11 is 1.59. The van der Waals surface area contributed by atoms with Crippen LogP contribution in [-0.4, -0.2) is 33.7 Å². The molecule has 0 saturated carbocycles. The number of nitrogens with zero attached hydrogens (tertiary/aromatic N) is 4. The Labute approximate surface area is 93.5 Å². The number of aliphatic imine (C=N–C) groups is 2. The summed E-state index contributed by atoms with van der Waals surface area (Å²) in [4.78, 5) is 12.5. The quantitative estimate of drug-likeness (QED) is 0.606. The number of imidazole rings is 1. The Balaban J connectivity index is 3.22. The average Bonchev–Trinajstić information content (AvgIpc) is 2.59. The van der Waals surface area contributed by atoms with E-state index < -0.39 is 0 Å². The van der Waals surface area contributed by atoms with Gasteiger partial charge in [0, 0.05) is 14.1 Å². The Morgan fingerprint density at radius 1 is 1.60 bits per heavy atom. The van der Waals surface area contributed by atoms with Crippen molar-refractivity contribution >= 4 is 28.5 Å². The van der Waals surface area contributed by atoms with Gasteiger partial charge in [0.2, 0.25) is 0 Å². The van der Waals surface area contributed by atoms with Crippen molar-refractivity contribution < 1.29 is 0 Å². The third kappa shape index (κ3) is 2.59. The Hall–Kier alpha value is -1.30. The molecule has 0 radical (unpaired) electrons. The first kappa shape index (κ1) is 11.8. The summed E-state index contributed by atoms with van der Waals surface area (Å²) in [5, 5.41) is 0.962. The lowest BCUT2D eigenvalue weighted by molar-refractivity contribution is 0.912. The van der Waals surface area contributed by atoms with Crippen molar-refractivity contribution in [3.05, 3.63) is 12.0 Å². The Morgan fingerprint density at radius 2 is 2.27 bits per heavy atom. The van der Waals surface area contributed by atoms with Crippen LogP contribution in [-0.2, 0) is 7.05 Å². The highest BCUT2D eigenvalue weighted by atomic mass is 32.2. The van der Waals surface area contributed by atoms with Gasteiger partial charge in [-0.2, -0.15) is 0 Å². The highest BCUT2D eigenvalue weighted by Gasteiger charge is 2.11. The summed E-state index contributed by atoms with van der Waals surface area (Å²) in [6.45, 7) is 1.95. The summed E-state index contributed by atoms with van der Waals surface area (Å²) in [6, 6.07) is 0. The number of nitrogens with two attached hydrogens (primary N) is 1. The average molecular weight is 225 g/mol. The zero-order valence-electron chi connectivity index (χ0n) is 9.35. The summed E-state index contributed by atoms with van der Waals surface area (Å²) in [5.41, 5.74) is 6.36. The van der Waals surface area contributed by atoms with Gasteiger partial charge in [-0.15, -0.1) is 11.8 Å². The van der Waals surface area contributed by atoms with Crippen molar-refractivity contribution in [1.82, 2.24) is 9.55 Å². The number of rotatable bonds is 2. The Kier molecular flexibility index (Phi) is 3.90. The fourth-order valence-electron chi connectivity index (χ4n) is 1.04. The van der Waals surface area contributed by atoms with E-state index in [0.717, 1.165) is 10.9 Å². The van der Waals surface area contributed by atoms with Crippen LogP contribution in [0.3, 0.4) is 0 Å². The molecule has 6 heteroatoms. The van der Waals surface area contributed by atoms with Crippen LogP contribution in [0.4, 0.5) is 5.82 Å². The smallest absolute Gasteiger partial charge is 0.164 e. The number of hydrogen-bond acceptors (Lipinski definition) is 4. The maximum Gasteiger partial charge on any atom is 0.164 e. The van der Waals surface area contributed by atoms with Crippen molar-refractivity contribution in [3.63, 3.8) is 0 Å². The predicted molar refractivity (Wildman–Crippen MR) is 66.1 cm³/mol. The van der Waals surface area contributed by atoms with Crippen molar-refractivity contribution in [2.24, 2.45) is 22.8 Å². The highest BCUT2D eigenvalue weighted by molar-refractivity contribution is 8.13. The minimum atomic E-state index is 0.406. The van der Waals surface area contributed by atoms with Crippen LogP contribution in [0, 0.1) is 0 Å². The molecule has 0 saturated heterocycles. The molecule has 1 heterocycles. The second kappa shape index (κ2) is 4.97. The third-order valence-electron chi connectivity index (χ3n) is 1.95. The van der Waals surface area contributed by atoms with Crippen LogP contribution in [0.2, 0.25) is 0 Å². The van der Waals surface area contributed by atoms with Gasteiger partial charge in [0.05, 0.1) is 11.4 Å². The fraction of sp³-hybridized carbons (Fsp3) is 0.444. The molecule has 1 rings (SSSR count). The van der Waals surface area contributed by atoms with Crippen molar-refractivity contribution in [2.75, 3.05) is 13.3 Å². The molecule has 5 nitrogen and oxygen atoms in total. The molecule has 1 aromatic heterocycles. The van der Waals surface area contributed by atoms with Crippen molar-refractivity contribution in [1.29, 1.82) is 0 Å². The van der Waals surface area contributed by atoms with Gasteiger partial charge in [0.25, 0.3) is 0 Å². The van der Waals surface area contributed by atoms with Crippen LogP contribution in [0.1, 0.15) is 12.6 Å². The van der Waals surface area contributed by atoms with E-state index in [0.29, 0.717) is 11.5 Å². The second-order valence-corrected chi connectivity index (χ2v) is 3.97. The number of thioether (sulfide) groups is 1. The monoisotopic (exact) mass is 225 g/mol. The Bertz CT molecular complexity index is 405. The van der Waals surface area contributed by atoms with Gasteiger partial charge in [0.15, 0.2) is 5.82 Å². The van der Waals surface area contributed by atoms with Gasteiger partial charge in [-0.25, -0.2) is 9.98 Å². The van der Waals surface area contributed by atoms with E-state index in [1.807, 2.05) is 24.8 Å². The topological polar surface area (TPSA) is 68.6 Å². The van der Waals surface area contributed by atoms with E-state index in [9.17, 15) is 0 Å². The molecule has 82 valence electrons. The van der Waals surface area contributed by atoms with Crippen LogP contribution in [0.15, 0.2) is 16.3 Å². The van der Waals surface area contributed by atoms with E-state index in [-0.39, 0.29) is 0 Å². The lowest BCUT2D eigenvalue weighted by atomic mass is 10.4. The van der Waals surface area contributed by atoms with Crippen LogP contribution < -0.4 is 5.73 Å². The van der Waals surface area contributed by atoms with Crippen LogP contribution >= 0.6 is 11.8 Å². The molecule has 0 atom stereocenters. The molecule has 0 unspecified atom stereocenters. The molecule has 15 heavy (non-hydrogen) atoms. The standard InChI is InChI=1S/C9H15N5S/c1-6(15-4)13-9-7(8(10)11-2)12-5-14(9)3/h5H,1-4H3,(H2,10,11). The molecule has 0 aliphatic rings. The Morgan fingerprint density at radius 3 is 2.80 bits per heavy atom. The van der Waals surface area contributed by atoms with Gasteiger partial charge in [-0.1, -0.05) is 0 Å². The minimum absolute atomic E-state index is 0.406. The molecule has 0 fully saturated rings. The molecule has 0 bridgehead atoms. The maximum atomic E-state index is 5.72. The fourth-order valence-corrected chi connectivity index (χ4v) is 1.21. The normalized spacial score (nSPS) is 13.3. The maximum absolute atomic E-state index is 5.72. The summed E-state index contributed by atoms with van der Waals surface area (Å²) < 4.78 is 1.83. The van der Waals surface area contributed by atoms with Crippen molar-refractivity contribution in [3.8, 4) is 0 Å². The van der Waals surface area contributed by atoms with E-state index in [4.69, 9.17) is 5.73 Å². The van der Waals surface area contributed by atoms with Gasteiger partial charge >= 0.3 is 0 Å².